The Hall–Kier alpha value is -1.60. The Kier molecular flexibility index (Phi) is 8.00. The molecular weight excluding hydrogens is 457 g/mol. The van der Waals surface area contributed by atoms with Crippen LogP contribution in [-0.4, -0.2) is 48.4 Å². The molecule has 0 radical (unpaired) electrons. The second-order valence-corrected chi connectivity index (χ2v) is 10.8. The highest BCUT2D eigenvalue weighted by molar-refractivity contribution is 6.33. The number of halogens is 2. The molecule has 0 aliphatic heterocycles. The minimum atomic E-state index is 0.376. The average Bonchev–Trinajstić information content (AvgIpc) is 3.53. The molecule has 2 aromatic rings. The van der Waals surface area contributed by atoms with Gasteiger partial charge in [0.2, 0.25) is 0 Å². The number of hydrogen-bond donors (Lipinski definition) is 3. The Morgan fingerprint density at radius 2 is 1.82 bits per heavy atom. The van der Waals surface area contributed by atoms with Gasteiger partial charge in [-0.25, -0.2) is 9.97 Å². The van der Waals surface area contributed by atoms with Gasteiger partial charge in [0.15, 0.2) is 5.15 Å². The Bertz CT molecular complexity index is 944. The van der Waals surface area contributed by atoms with Crippen molar-refractivity contribution in [3.8, 4) is 11.1 Å². The topological polar surface area (TPSA) is 71.1 Å². The predicted molar refractivity (Wildman–Crippen MR) is 137 cm³/mol. The van der Waals surface area contributed by atoms with Crippen molar-refractivity contribution in [3.05, 3.63) is 34.7 Å². The van der Waals surface area contributed by atoms with E-state index in [1.807, 2.05) is 12.1 Å². The third-order valence-corrected chi connectivity index (χ3v) is 7.43. The van der Waals surface area contributed by atoms with Crippen molar-refractivity contribution >= 4 is 34.7 Å². The molecule has 0 aromatic carbocycles. The molecule has 2 fully saturated rings. The number of methoxy groups -OCH3 is 1. The average molecular weight is 492 g/mol. The van der Waals surface area contributed by atoms with Crippen LogP contribution in [0.15, 0.2) is 24.5 Å². The summed E-state index contributed by atoms with van der Waals surface area (Å²) in [7, 11) is 1.75. The van der Waals surface area contributed by atoms with Crippen molar-refractivity contribution in [1.82, 2.24) is 15.3 Å². The van der Waals surface area contributed by atoms with Crippen molar-refractivity contribution in [2.24, 2.45) is 5.41 Å². The van der Waals surface area contributed by atoms with Crippen molar-refractivity contribution < 1.29 is 4.74 Å². The molecule has 6 nitrogen and oxygen atoms in total. The first-order valence-corrected chi connectivity index (χ1v) is 12.7. The number of aromatic nitrogens is 2. The molecule has 180 valence electrons. The molecule has 0 amide bonds. The number of nitrogens with one attached hydrogen (secondary N) is 3. The van der Waals surface area contributed by atoms with E-state index in [0.29, 0.717) is 33.7 Å². The fraction of sp³-hybridized carbons (Fsp3) is 0.600. The molecule has 2 aliphatic rings. The van der Waals surface area contributed by atoms with Gasteiger partial charge in [-0.15, -0.1) is 0 Å². The van der Waals surface area contributed by atoms with E-state index in [9.17, 15) is 0 Å². The fourth-order valence-electron chi connectivity index (χ4n) is 4.47. The Balaban J connectivity index is 1.39. The zero-order chi connectivity index (χ0) is 23.4. The second kappa shape index (κ2) is 10.8. The van der Waals surface area contributed by atoms with Crippen molar-refractivity contribution in [1.29, 1.82) is 0 Å². The Morgan fingerprint density at radius 3 is 2.52 bits per heavy atom. The van der Waals surface area contributed by atoms with E-state index in [-0.39, 0.29) is 0 Å². The van der Waals surface area contributed by atoms with Crippen LogP contribution in [0.3, 0.4) is 0 Å². The van der Waals surface area contributed by atoms with Crippen LogP contribution < -0.4 is 16.0 Å². The van der Waals surface area contributed by atoms with E-state index in [0.717, 1.165) is 61.5 Å². The summed E-state index contributed by atoms with van der Waals surface area (Å²) in [5.74, 6) is 0.841. The van der Waals surface area contributed by atoms with E-state index in [2.05, 4.69) is 39.8 Å². The van der Waals surface area contributed by atoms with Crippen molar-refractivity contribution in [2.45, 2.75) is 70.5 Å². The molecule has 2 aliphatic carbocycles. The lowest BCUT2D eigenvalue weighted by atomic mass is 9.90. The van der Waals surface area contributed by atoms with Crippen LogP contribution in [0, 0.1) is 5.41 Å². The summed E-state index contributed by atoms with van der Waals surface area (Å²) in [6.07, 6.45) is 10.5. The molecule has 0 bridgehead atoms. The summed E-state index contributed by atoms with van der Waals surface area (Å²) in [4.78, 5) is 8.93. The molecule has 4 rings (SSSR count). The summed E-state index contributed by atoms with van der Waals surface area (Å²) in [6.45, 7) is 6.10. The normalized spacial score (nSPS) is 22.6. The molecule has 2 saturated carbocycles. The van der Waals surface area contributed by atoms with Gasteiger partial charge in [-0.1, -0.05) is 30.1 Å². The van der Waals surface area contributed by atoms with E-state index < -0.39 is 0 Å². The summed E-state index contributed by atoms with van der Waals surface area (Å²) in [6, 6.07) is 5.38. The van der Waals surface area contributed by atoms with Gasteiger partial charge in [0, 0.05) is 55.3 Å². The van der Waals surface area contributed by atoms with Gasteiger partial charge in [-0.2, -0.15) is 0 Å². The van der Waals surface area contributed by atoms with Gasteiger partial charge in [-0.05, 0) is 63.0 Å². The SMILES string of the molecule is COC[C@@H](C)N[C@H]1CC[C@H](Nc2cc(-c3cnc(Cl)c(NCC4(C)CC4)c3)c(Cl)cn2)CC1. The van der Waals surface area contributed by atoms with Crippen LogP contribution in [0.2, 0.25) is 10.2 Å². The molecule has 8 heteroatoms. The van der Waals surface area contributed by atoms with Gasteiger partial charge in [-0.3, -0.25) is 0 Å². The fourth-order valence-corrected chi connectivity index (χ4v) is 4.85. The predicted octanol–water partition coefficient (Wildman–Crippen LogP) is 6.01. The first-order chi connectivity index (χ1) is 15.8. The summed E-state index contributed by atoms with van der Waals surface area (Å²) in [5, 5.41) is 11.8. The lowest BCUT2D eigenvalue weighted by molar-refractivity contribution is 0.161. The van der Waals surface area contributed by atoms with E-state index >= 15 is 0 Å². The van der Waals surface area contributed by atoms with Gasteiger partial charge in [0.25, 0.3) is 0 Å². The first-order valence-electron chi connectivity index (χ1n) is 11.9. The number of hydrogen-bond acceptors (Lipinski definition) is 6. The highest BCUT2D eigenvalue weighted by Gasteiger charge is 2.36. The minimum absolute atomic E-state index is 0.376. The summed E-state index contributed by atoms with van der Waals surface area (Å²) < 4.78 is 5.24. The molecular formula is C25H35Cl2N5O. The highest BCUT2D eigenvalue weighted by Crippen LogP contribution is 2.45. The summed E-state index contributed by atoms with van der Waals surface area (Å²) >= 11 is 12.9. The van der Waals surface area contributed by atoms with E-state index in [1.165, 1.54) is 12.8 Å². The quantitative estimate of drug-likeness (QED) is 0.353. The molecule has 3 N–H and O–H groups in total. The lowest BCUT2D eigenvalue weighted by Crippen LogP contribution is -2.42. The standard InChI is InChI=1S/C25H35Cl2N5O/c1-16(14-33-3)31-18-4-6-19(7-5-18)32-23-11-20(21(26)13-28-23)17-10-22(24(27)29-12-17)30-15-25(2)8-9-25/h10-13,16,18-19,30-31H,4-9,14-15H2,1-3H3,(H,28,32)/t16-,18-,19-/m1/s1. The van der Waals surface area contributed by atoms with Gasteiger partial charge < -0.3 is 20.7 Å². The maximum atomic E-state index is 6.53. The molecule has 0 spiro atoms. The largest absolute Gasteiger partial charge is 0.383 e. The first kappa shape index (κ1) is 24.5. The van der Waals surface area contributed by atoms with Gasteiger partial charge in [0.05, 0.1) is 17.3 Å². The van der Waals surface area contributed by atoms with Crippen LogP contribution in [0.25, 0.3) is 11.1 Å². The number of ether oxygens (including phenoxy) is 1. The summed E-state index contributed by atoms with van der Waals surface area (Å²) in [5.41, 5.74) is 3.06. The molecule has 1 atom stereocenters. The van der Waals surface area contributed by atoms with Crippen molar-refractivity contribution in [2.75, 3.05) is 30.9 Å². The molecule has 2 aromatic heterocycles. The molecule has 0 unspecified atom stereocenters. The minimum Gasteiger partial charge on any atom is -0.383 e. The molecule has 0 saturated heterocycles. The van der Waals surface area contributed by atoms with Crippen LogP contribution in [0.1, 0.15) is 52.4 Å². The lowest BCUT2D eigenvalue weighted by Gasteiger charge is -2.32. The third-order valence-electron chi connectivity index (χ3n) is 6.83. The van der Waals surface area contributed by atoms with Crippen molar-refractivity contribution in [3.63, 3.8) is 0 Å². The monoisotopic (exact) mass is 491 g/mol. The maximum Gasteiger partial charge on any atom is 0.152 e. The Morgan fingerprint density at radius 1 is 1.09 bits per heavy atom. The number of nitrogens with zero attached hydrogens (tertiary/aromatic N) is 2. The smallest absolute Gasteiger partial charge is 0.152 e. The van der Waals surface area contributed by atoms with Crippen LogP contribution in [-0.2, 0) is 4.74 Å². The van der Waals surface area contributed by atoms with Gasteiger partial charge in [0.1, 0.15) is 5.82 Å². The number of pyridine rings is 2. The Labute approximate surface area is 207 Å². The van der Waals surface area contributed by atoms with Gasteiger partial charge >= 0.3 is 0 Å². The zero-order valence-electron chi connectivity index (χ0n) is 19.8. The molecule has 33 heavy (non-hydrogen) atoms. The van der Waals surface area contributed by atoms with Crippen LogP contribution >= 0.6 is 23.2 Å². The number of anilines is 2. The molecule has 2 heterocycles. The van der Waals surface area contributed by atoms with E-state index in [4.69, 9.17) is 27.9 Å². The maximum absolute atomic E-state index is 6.53. The highest BCUT2D eigenvalue weighted by atomic mass is 35.5. The van der Waals surface area contributed by atoms with Crippen LogP contribution in [0.5, 0.6) is 0 Å². The number of rotatable bonds is 10. The third kappa shape index (κ3) is 6.72. The second-order valence-electron chi connectivity index (χ2n) is 9.99. The van der Waals surface area contributed by atoms with E-state index in [1.54, 1.807) is 19.5 Å². The zero-order valence-corrected chi connectivity index (χ0v) is 21.3. The van der Waals surface area contributed by atoms with Crippen LogP contribution in [0.4, 0.5) is 11.5 Å².